The highest BCUT2D eigenvalue weighted by Gasteiger charge is 2.59. The van der Waals surface area contributed by atoms with E-state index in [2.05, 4.69) is 9.69 Å². The summed E-state index contributed by atoms with van der Waals surface area (Å²) < 4.78 is 9.69. The van der Waals surface area contributed by atoms with Crippen molar-refractivity contribution in [2.75, 3.05) is 13.2 Å². The summed E-state index contributed by atoms with van der Waals surface area (Å²) >= 11 is 1.26. The van der Waals surface area contributed by atoms with E-state index in [0.29, 0.717) is 18.6 Å². The van der Waals surface area contributed by atoms with E-state index in [1.807, 2.05) is 20.8 Å². The third kappa shape index (κ3) is 2.47. The molecule has 0 bridgehead atoms. The zero-order chi connectivity index (χ0) is 15.0. The number of carbonyl (C=O) groups excluding carboxylic acids is 1. The number of aryl methyl sites for hydroxylation is 1. The molecule has 1 amide bonds. The fourth-order valence-electron chi connectivity index (χ4n) is 2.59. The zero-order valence-corrected chi connectivity index (χ0v) is 13.2. The molecule has 0 spiro atoms. The normalized spacial score (nSPS) is 27.9. The van der Waals surface area contributed by atoms with Gasteiger partial charge in [0.2, 0.25) is 0 Å². The lowest BCUT2D eigenvalue weighted by atomic mass is 9.56. The Labute approximate surface area is 123 Å². The summed E-state index contributed by atoms with van der Waals surface area (Å²) in [6, 6.07) is 0. The number of carbonyl (C=O) groups is 1. The van der Waals surface area contributed by atoms with Crippen molar-refractivity contribution in [3.05, 3.63) is 16.6 Å². The third-order valence-corrected chi connectivity index (χ3v) is 5.15. The van der Waals surface area contributed by atoms with Crippen molar-refractivity contribution < 1.29 is 14.6 Å². The van der Waals surface area contributed by atoms with E-state index in [4.69, 9.17) is 4.74 Å². The van der Waals surface area contributed by atoms with E-state index in [-0.39, 0.29) is 24.0 Å². The van der Waals surface area contributed by atoms with Crippen molar-refractivity contribution in [2.24, 2.45) is 5.41 Å². The van der Waals surface area contributed by atoms with Gasteiger partial charge in [0.25, 0.3) is 5.91 Å². The average Bonchev–Trinajstić information content (AvgIpc) is 2.82. The Morgan fingerprint density at radius 3 is 2.85 bits per heavy atom. The Morgan fingerprint density at radius 2 is 2.35 bits per heavy atom. The first-order chi connectivity index (χ1) is 9.32. The van der Waals surface area contributed by atoms with Crippen LogP contribution in [0.3, 0.4) is 0 Å². The molecular weight excluding hydrogens is 276 g/mol. The molecule has 2 rings (SSSR count). The van der Waals surface area contributed by atoms with Crippen LogP contribution in [0.15, 0.2) is 5.38 Å². The highest BCUT2D eigenvalue weighted by Crippen LogP contribution is 2.50. The summed E-state index contributed by atoms with van der Waals surface area (Å²) in [6.07, 6.45) is 0.591. The Hall–Kier alpha value is -0.980. The molecule has 5 nitrogen and oxygen atoms in total. The molecule has 1 aromatic rings. The molecule has 0 aromatic carbocycles. The van der Waals surface area contributed by atoms with Gasteiger partial charge < -0.3 is 15.2 Å². The van der Waals surface area contributed by atoms with Crippen LogP contribution in [0.1, 0.15) is 43.2 Å². The van der Waals surface area contributed by atoms with E-state index >= 15 is 0 Å². The number of aromatic nitrogens is 1. The number of rotatable bonds is 5. The summed E-state index contributed by atoms with van der Waals surface area (Å²) in [5, 5.41) is 15.2. The van der Waals surface area contributed by atoms with Crippen LogP contribution in [0, 0.1) is 12.3 Å². The molecule has 112 valence electrons. The quantitative estimate of drug-likeness (QED) is 0.868. The fraction of sp³-hybridized carbons (Fsp3) is 0.714. The van der Waals surface area contributed by atoms with Crippen molar-refractivity contribution in [2.45, 2.75) is 45.8 Å². The van der Waals surface area contributed by atoms with Crippen molar-refractivity contribution in [1.82, 2.24) is 9.69 Å². The van der Waals surface area contributed by atoms with E-state index in [0.717, 1.165) is 5.69 Å². The van der Waals surface area contributed by atoms with Gasteiger partial charge in [-0.15, -0.1) is 0 Å². The van der Waals surface area contributed by atoms with Crippen molar-refractivity contribution in [3.63, 3.8) is 0 Å². The maximum absolute atomic E-state index is 12.0. The third-order valence-electron chi connectivity index (χ3n) is 4.43. The van der Waals surface area contributed by atoms with Gasteiger partial charge in [0.1, 0.15) is 0 Å². The van der Waals surface area contributed by atoms with E-state index in [9.17, 15) is 9.90 Å². The number of hydrogen-bond donors (Lipinski definition) is 2. The number of amides is 1. The zero-order valence-electron chi connectivity index (χ0n) is 12.4. The number of ether oxygens (including phenoxy) is 1. The fourth-order valence-corrected chi connectivity index (χ4v) is 3.29. The molecule has 0 unspecified atom stereocenters. The van der Waals surface area contributed by atoms with Crippen molar-refractivity contribution >= 4 is 17.4 Å². The first-order valence-corrected chi connectivity index (χ1v) is 7.68. The van der Waals surface area contributed by atoms with Gasteiger partial charge in [-0.1, -0.05) is 13.8 Å². The Bertz CT molecular complexity index is 500. The molecule has 1 aliphatic carbocycles. The van der Waals surface area contributed by atoms with Gasteiger partial charge in [-0.2, -0.15) is 4.37 Å². The Kier molecular flexibility index (Phi) is 4.18. The molecule has 0 saturated heterocycles. The van der Waals surface area contributed by atoms with Crippen LogP contribution in [0.4, 0.5) is 0 Å². The van der Waals surface area contributed by atoms with Crippen LogP contribution in [-0.2, 0) is 4.74 Å². The van der Waals surface area contributed by atoms with Crippen LogP contribution >= 0.6 is 11.5 Å². The summed E-state index contributed by atoms with van der Waals surface area (Å²) in [6.45, 7) is 8.56. The Balaban J connectivity index is 1.95. The molecule has 2 N–H and O–H groups in total. The lowest BCUT2D eigenvalue weighted by molar-refractivity contribution is -0.237. The Morgan fingerprint density at radius 1 is 1.65 bits per heavy atom. The standard InChI is InChI=1S/C14H22N2O3S/c1-5-19-11-6-14(18,13(11,3)4)8-15-12(17)10-7-20-16-9(10)2/h7,11,18H,5-6,8H2,1-4H3,(H,15,17)/t11-,14-/m0/s1. The second-order valence-electron chi connectivity index (χ2n) is 5.90. The minimum atomic E-state index is -0.917. The van der Waals surface area contributed by atoms with Crippen molar-refractivity contribution in [1.29, 1.82) is 0 Å². The summed E-state index contributed by atoms with van der Waals surface area (Å²) in [4.78, 5) is 12.0. The maximum atomic E-state index is 12.0. The predicted octanol–water partition coefficient (Wildman–Crippen LogP) is 1.75. The predicted molar refractivity (Wildman–Crippen MR) is 77.9 cm³/mol. The minimum Gasteiger partial charge on any atom is -0.387 e. The monoisotopic (exact) mass is 298 g/mol. The number of aliphatic hydroxyl groups is 1. The van der Waals surface area contributed by atoms with Gasteiger partial charge in [0.05, 0.1) is 23.0 Å². The smallest absolute Gasteiger partial charge is 0.254 e. The first-order valence-electron chi connectivity index (χ1n) is 6.85. The molecule has 1 heterocycles. The second kappa shape index (κ2) is 5.42. The lowest BCUT2D eigenvalue weighted by Gasteiger charge is -2.57. The largest absolute Gasteiger partial charge is 0.387 e. The minimum absolute atomic E-state index is 0.0407. The van der Waals surface area contributed by atoms with Crippen LogP contribution in [0.5, 0.6) is 0 Å². The molecule has 2 atom stereocenters. The molecule has 1 aliphatic rings. The highest BCUT2D eigenvalue weighted by molar-refractivity contribution is 7.03. The van der Waals surface area contributed by atoms with Crippen LogP contribution in [-0.4, -0.2) is 40.2 Å². The molecule has 1 fully saturated rings. The number of nitrogens with zero attached hydrogens (tertiary/aromatic N) is 1. The van der Waals surface area contributed by atoms with Gasteiger partial charge in [0, 0.05) is 30.4 Å². The van der Waals surface area contributed by atoms with Gasteiger partial charge in [0.15, 0.2) is 0 Å². The topological polar surface area (TPSA) is 71.5 Å². The average molecular weight is 298 g/mol. The van der Waals surface area contributed by atoms with Gasteiger partial charge in [-0.3, -0.25) is 4.79 Å². The molecule has 20 heavy (non-hydrogen) atoms. The molecule has 0 aliphatic heterocycles. The van der Waals surface area contributed by atoms with Crippen LogP contribution < -0.4 is 5.32 Å². The number of hydrogen-bond acceptors (Lipinski definition) is 5. The molecule has 1 saturated carbocycles. The summed E-state index contributed by atoms with van der Waals surface area (Å²) in [5.41, 5.74) is 0.0228. The first kappa shape index (κ1) is 15.4. The molecule has 6 heteroatoms. The van der Waals surface area contributed by atoms with Gasteiger partial charge in [-0.05, 0) is 25.4 Å². The maximum Gasteiger partial charge on any atom is 0.254 e. The number of nitrogens with one attached hydrogen (secondary N) is 1. The van der Waals surface area contributed by atoms with E-state index in [1.54, 1.807) is 12.3 Å². The van der Waals surface area contributed by atoms with E-state index in [1.165, 1.54) is 11.5 Å². The van der Waals surface area contributed by atoms with Crippen LogP contribution in [0.2, 0.25) is 0 Å². The van der Waals surface area contributed by atoms with Crippen LogP contribution in [0.25, 0.3) is 0 Å². The molecular formula is C14H22N2O3S. The van der Waals surface area contributed by atoms with E-state index < -0.39 is 5.60 Å². The molecule has 1 aromatic heterocycles. The SMILES string of the molecule is CCO[C@H]1C[C@](O)(CNC(=O)c2csnc2C)C1(C)C. The lowest BCUT2D eigenvalue weighted by Crippen LogP contribution is -2.68. The highest BCUT2D eigenvalue weighted by atomic mass is 32.1. The summed E-state index contributed by atoms with van der Waals surface area (Å²) in [5.74, 6) is -0.180. The molecule has 0 radical (unpaired) electrons. The van der Waals surface area contributed by atoms with Gasteiger partial charge in [-0.25, -0.2) is 0 Å². The van der Waals surface area contributed by atoms with Crippen molar-refractivity contribution in [3.8, 4) is 0 Å². The van der Waals surface area contributed by atoms with Gasteiger partial charge >= 0.3 is 0 Å². The summed E-state index contributed by atoms with van der Waals surface area (Å²) in [7, 11) is 0. The second-order valence-corrected chi connectivity index (χ2v) is 6.53.